The van der Waals surface area contributed by atoms with Gasteiger partial charge in [0, 0.05) is 28.1 Å². The topological polar surface area (TPSA) is 46.2 Å². The molecule has 0 aliphatic carbocycles. The molecule has 0 heterocycles. The molecule has 0 bridgehead atoms. The molecule has 0 spiro atoms. The predicted molar refractivity (Wildman–Crippen MR) is 71.5 cm³/mol. The molecule has 1 aromatic rings. The van der Waals surface area contributed by atoms with Gasteiger partial charge < -0.3 is 5.32 Å². The van der Waals surface area contributed by atoms with E-state index in [9.17, 15) is 9.00 Å². The zero-order valence-electron chi connectivity index (χ0n) is 9.74. The highest BCUT2D eigenvalue weighted by atomic mass is 35.5. The summed E-state index contributed by atoms with van der Waals surface area (Å²) in [4.78, 5) is 11.3. The second-order valence-corrected chi connectivity index (χ2v) is 5.60. The minimum absolute atomic E-state index is 0.0481. The van der Waals surface area contributed by atoms with Gasteiger partial charge in [-0.15, -0.1) is 0 Å². The van der Waals surface area contributed by atoms with Gasteiger partial charge in [-0.3, -0.25) is 9.00 Å². The fourth-order valence-corrected chi connectivity index (χ4v) is 2.59. The van der Waals surface area contributed by atoms with Gasteiger partial charge in [0.1, 0.15) is 5.75 Å². The van der Waals surface area contributed by atoms with Gasteiger partial charge in [0.15, 0.2) is 0 Å². The molecule has 0 aliphatic heterocycles. The lowest BCUT2D eigenvalue weighted by Crippen LogP contribution is -2.29. The van der Waals surface area contributed by atoms with Crippen molar-refractivity contribution in [3.05, 3.63) is 34.9 Å². The van der Waals surface area contributed by atoms with Crippen molar-refractivity contribution in [2.24, 2.45) is 0 Å². The standard InChI is InChI=1S/C12H16ClNO2S/c1-2-6-14-12(15)9-17(16)8-10-4-3-5-11(13)7-10/h3-5,7H,2,6,8-9H2,1H3,(H,14,15)/t17-/m0/s1. The van der Waals surface area contributed by atoms with Crippen molar-refractivity contribution in [1.82, 2.24) is 5.32 Å². The maximum Gasteiger partial charge on any atom is 0.232 e. The largest absolute Gasteiger partial charge is 0.355 e. The van der Waals surface area contributed by atoms with Crippen LogP contribution >= 0.6 is 11.6 Å². The normalized spacial score (nSPS) is 12.1. The van der Waals surface area contributed by atoms with E-state index in [0.29, 0.717) is 17.3 Å². The summed E-state index contributed by atoms with van der Waals surface area (Å²) in [5, 5.41) is 3.32. The van der Waals surface area contributed by atoms with E-state index in [2.05, 4.69) is 5.32 Å². The van der Waals surface area contributed by atoms with Gasteiger partial charge in [-0.1, -0.05) is 30.7 Å². The van der Waals surface area contributed by atoms with Crippen molar-refractivity contribution < 1.29 is 9.00 Å². The van der Waals surface area contributed by atoms with Crippen LogP contribution in [-0.4, -0.2) is 22.4 Å². The van der Waals surface area contributed by atoms with Crippen molar-refractivity contribution in [3.63, 3.8) is 0 Å². The summed E-state index contributed by atoms with van der Waals surface area (Å²) < 4.78 is 11.7. The van der Waals surface area contributed by atoms with Gasteiger partial charge >= 0.3 is 0 Å². The number of halogens is 1. The molecule has 0 aliphatic rings. The number of hydrogen-bond acceptors (Lipinski definition) is 2. The Morgan fingerprint density at radius 1 is 1.47 bits per heavy atom. The number of carbonyl (C=O) groups excluding carboxylic acids is 1. The smallest absolute Gasteiger partial charge is 0.232 e. The lowest BCUT2D eigenvalue weighted by Gasteiger charge is -2.04. The van der Waals surface area contributed by atoms with Crippen LogP contribution in [0.5, 0.6) is 0 Å². The minimum Gasteiger partial charge on any atom is -0.355 e. The van der Waals surface area contributed by atoms with E-state index in [-0.39, 0.29) is 11.7 Å². The highest BCUT2D eigenvalue weighted by Gasteiger charge is 2.08. The second-order valence-electron chi connectivity index (χ2n) is 3.71. The molecule has 3 nitrogen and oxygen atoms in total. The van der Waals surface area contributed by atoms with Crippen LogP contribution in [0, 0.1) is 0 Å². The summed E-state index contributed by atoms with van der Waals surface area (Å²) >= 11 is 5.82. The maximum absolute atomic E-state index is 11.7. The summed E-state index contributed by atoms with van der Waals surface area (Å²) in [5.41, 5.74) is 0.888. The Morgan fingerprint density at radius 2 is 2.24 bits per heavy atom. The lowest BCUT2D eigenvalue weighted by atomic mass is 10.2. The van der Waals surface area contributed by atoms with Gasteiger partial charge in [0.05, 0.1) is 0 Å². The molecule has 0 saturated carbocycles. The van der Waals surface area contributed by atoms with E-state index in [1.165, 1.54) is 0 Å². The van der Waals surface area contributed by atoms with Crippen molar-refractivity contribution in [2.75, 3.05) is 12.3 Å². The number of nitrogens with one attached hydrogen (secondary N) is 1. The third-order valence-corrected chi connectivity index (χ3v) is 3.56. The van der Waals surface area contributed by atoms with Crippen LogP contribution in [0.25, 0.3) is 0 Å². The molecular weight excluding hydrogens is 258 g/mol. The first-order valence-electron chi connectivity index (χ1n) is 5.48. The van der Waals surface area contributed by atoms with Crippen LogP contribution in [0.3, 0.4) is 0 Å². The fraction of sp³-hybridized carbons (Fsp3) is 0.417. The fourth-order valence-electron chi connectivity index (χ4n) is 1.33. The van der Waals surface area contributed by atoms with Crippen LogP contribution in [0.1, 0.15) is 18.9 Å². The summed E-state index contributed by atoms with van der Waals surface area (Å²) in [6.07, 6.45) is 0.882. The first-order valence-corrected chi connectivity index (χ1v) is 7.34. The Bertz CT molecular complexity index is 409. The van der Waals surface area contributed by atoms with Crippen molar-refractivity contribution in [2.45, 2.75) is 19.1 Å². The summed E-state index contributed by atoms with van der Waals surface area (Å²) in [7, 11) is -1.18. The summed E-state index contributed by atoms with van der Waals surface area (Å²) in [6.45, 7) is 2.61. The molecule has 0 fully saturated rings. The molecule has 0 saturated heterocycles. The Labute approximate surface area is 109 Å². The van der Waals surface area contributed by atoms with Gasteiger partial charge in [-0.25, -0.2) is 0 Å². The third-order valence-electron chi connectivity index (χ3n) is 2.08. The lowest BCUT2D eigenvalue weighted by molar-refractivity contribution is -0.118. The number of rotatable bonds is 6. The highest BCUT2D eigenvalue weighted by Crippen LogP contribution is 2.12. The van der Waals surface area contributed by atoms with Crippen LogP contribution in [0.4, 0.5) is 0 Å². The molecule has 17 heavy (non-hydrogen) atoms. The molecule has 1 amide bonds. The molecular formula is C12H16ClNO2S. The van der Waals surface area contributed by atoms with E-state index in [0.717, 1.165) is 12.0 Å². The Morgan fingerprint density at radius 3 is 2.88 bits per heavy atom. The Kier molecular flexibility index (Phi) is 6.22. The van der Waals surface area contributed by atoms with Gasteiger partial charge in [-0.2, -0.15) is 0 Å². The van der Waals surface area contributed by atoms with E-state index in [1.54, 1.807) is 12.1 Å². The molecule has 0 aromatic heterocycles. The maximum atomic E-state index is 11.7. The van der Waals surface area contributed by atoms with Crippen LogP contribution < -0.4 is 5.32 Å². The average molecular weight is 274 g/mol. The van der Waals surface area contributed by atoms with Crippen molar-refractivity contribution in [3.8, 4) is 0 Å². The van der Waals surface area contributed by atoms with Crippen LogP contribution in [0.15, 0.2) is 24.3 Å². The molecule has 5 heteroatoms. The number of benzene rings is 1. The summed E-state index contributed by atoms with van der Waals surface area (Å²) in [6, 6.07) is 7.20. The minimum atomic E-state index is -1.18. The van der Waals surface area contributed by atoms with E-state index < -0.39 is 10.8 Å². The zero-order valence-corrected chi connectivity index (χ0v) is 11.3. The van der Waals surface area contributed by atoms with Gasteiger partial charge in [-0.05, 0) is 24.1 Å². The number of carbonyl (C=O) groups is 1. The van der Waals surface area contributed by atoms with E-state index >= 15 is 0 Å². The zero-order chi connectivity index (χ0) is 12.7. The quantitative estimate of drug-likeness (QED) is 0.863. The SMILES string of the molecule is CCCNC(=O)C[S@@](=O)Cc1cccc(Cl)c1. The number of hydrogen-bond donors (Lipinski definition) is 1. The van der Waals surface area contributed by atoms with Gasteiger partial charge in [0.2, 0.25) is 5.91 Å². The Hall–Kier alpha value is -0.870. The molecule has 94 valence electrons. The van der Waals surface area contributed by atoms with E-state index in [1.807, 2.05) is 19.1 Å². The van der Waals surface area contributed by atoms with E-state index in [4.69, 9.17) is 11.6 Å². The molecule has 0 unspecified atom stereocenters. The monoisotopic (exact) mass is 273 g/mol. The first kappa shape index (κ1) is 14.2. The molecule has 1 aromatic carbocycles. The highest BCUT2D eigenvalue weighted by molar-refractivity contribution is 7.84. The predicted octanol–water partition coefficient (Wildman–Crippen LogP) is 2.11. The Balaban J connectivity index is 2.42. The first-order chi connectivity index (χ1) is 8.11. The second kappa shape index (κ2) is 7.45. The van der Waals surface area contributed by atoms with Crippen molar-refractivity contribution >= 4 is 28.3 Å². The van der Waals surface area contributed by atoms with Crippen LogP contribution in [0.2, 0.25) is 5.02 Å². The molecule has 1 atom stereocenters. The van der Waals surface area contributed by atoms with Gasteiger partial charge in [0.25, 0.3) is 0 Å². The molecule has 0 radical (unpaired) electrons. The van der Waals surface area contributed by atoms with Crippen molar-refractivity contribution in [1.29, 1.82) is 0 Å². The third kappa shape index (κ3) is 5.84. The summed E-state index contributed by atoms with van der Waals surface area (Å²) in [5.74, 6) is 0.249. The average Bonchev–Trinajstić information content (AvgIpc) is 2.26. The molecule has 1 N–H and O–H groups in total. The number of amides is 1. The molecule has 1 rings (SSSR count). The van der Waals surface area contributed by atoms with Crippen LogP contribution in [-0.2, 0) is 21.3 Å².